The average molecular weight is 328 g/mol. The molecule has 0 atom stereocenters. The molecule has 0 unspecified atom stereocenters. The Bertz CT molecular complexity index is 742. The Morgan fingerprint density at radius 1 is 1.08 bits per heavy atom. The van der Waals surface area contributed by atoms with Gasteiger partial charge in [0.05, 0.1) is 12.2 Å². The lowest BCUT2D eigenvalue weighted by Crippen LogP contribution is -2.41. The molecule has 0 saturated heterocycles. The minimum atomic E-state index is -0.726. The third-order valence-corrected chi connectivity index (χ3v) is 3.04. The van der Waals surface area contributed by atoms with Crippen molar-refractivity contribution in [2.75, 3.05) is 6.61 Å². The third-order valence-electron chi connectivity index (χ3n) is 3.04. The Morgan fingerprint density at radius 2 is 1.79 bits per heavy atom. The van der Waals surface area contributed by atoms with Gasteiger partial charge in [0.25, 0.3) is 11.8 Å². The van der Waals surface area contributed by atoms with Gasteiger partial charge in [0.15, 0.2) is 0 Å². The molecule has 2 rings (SSSR count). The van der Waals surface area contributed by atoms with Crippen LogP contribution in [0.4, 0.5) is 4.39 Å². The van der Waals surface area contributed by atoms with Gasteiger partial charge in [-0.25, -0.2) is 4.39 Å². The number of carbonyl (C=O) groups is 2. The SMILES string of the molecule is CCOc1ccc(/C=C/C(=O)NNC(=O)c2ccccc2F)cc1. The van der Waals surface area contributed by atoms with Gasteiger partial charge in [0.2, 0.25) is 0 Å². The fourth-order valence-corrected chi connectivity index (χ4v) is 1.89. The minimum absolute atomic E-state index is 0.145. The van der Waals surface area contributed by atoms with E-state index >= 15 is 0 Å². The highest BCUT2D eigenvalue weighted by Crippen LogP contribution is 2.12. The predicted octanol–water partition coefficient (Wildman–Crippen LogP) is 2.70. The number of hydrazine groups is 1. The number of ether oxygens (including phenoxy) is 1. The average Bonchev–Trinajstić information content (AvgIpc) is 2.60. The maximum atomic E-state index is 13.4. The zero-order valence-electron chi connectivity index (χ0n) is 13.1. The Hall–Kier alpha value is -3.15. The first kappa shape index (κ1) is 17.2. The van der Waals surface area contributed by atoms with Gasteiger partial charge in [-0.3, -0.25) is 20.4 Å². The highest BCUT2D eigenvalue weighted by Gasteiger charge is 2.10. The number of hydrogen-bond donors (Lipinski definition) is 2. The maximum Gasteiger partial charge on any atom is 0.272 e. The lowest BCUT2D eigenvalue weighted by atomic mass is 10.2. The van der Waals surface area contributed by atoms with Crippen LogP contribution in [0.3, 0.4) is 0 Å². The number of carbonyl (C=O) groups excluding carboxylic acids is 2. The molecule has 0 heterocycles. The van der Waals surface area contributed by atoms with E-state index in [2.05, 4.69) is 10.9 Å². The van der Waals surface area contributed by atoms with Crippen LogP contribution in [-0.2, 0) is 4.79 Å². The summed E-state index contributed by atoms with van der Waals surface area (Å²) in [5.41, 5.74) is 5.00. The molecule has 0 fully saturated rings. The van der Waals surface area contributed by atoms with Crippen LogP contribution >= 0.6 is 0 Å². The highest BCUT2D eigenvalue weighted by molar-refractivity contribution is 5.98. The van der Waals surface area contributed by atoms with Crippen molar-refractivity contribution in [1.29, 1.82) is 0 Å². The summed E-state index contributed by atoms with van der Waals surface area (Å²) in [6.45, 7) is 2.48. The largest absolute Gasteiger partial charge is 0.494 e. The third kappa shape index (κ3) is 4.95. The molecule has 0 aliphatic rings. The molecule has 124 valence electrons. The summed E-state index contributed by atoms with van der Waals surface area (Å²) in [7, 11) is 0. The van der Waals surface area contributed by atoms with Crippen molar-refractivity contribution in [2.24, 2.45) is 0 Å². The van der Waals surface area contributed by atoms with E-state index in [0.29, 0.717) is 6.61 Å². The summed E-state index contributed by atoms with van der Waals surface area (Å²) in [6, 6.07) is 12.7. The van der Waals surface area contributed by atoms with E-state index in [-0.39, 0.29) is 5.56 Å². The Morgan fingerprint density at radius 3 is 2.46 bits per heavy atom. The Balaban J connectivity index is 1.86. The number of halogens is 1. The quantitative estimate of drug-likeness (QED) is 0.655. The second-order valence-corrected chi connectivity index (χ2v) is 4.76. The van der Waals surface area contributed by atoms with E-state index in [4.69, 9.17) is 4.74 Å². The van der Waals surface area contributed by atoms with Crippen molar-refractivity contribution in [3.05, 3.63) is 71.6 Å². The zero-order chi connectivity index (χ0) is 17.4. The van der Waals surface area contributed by atoms with Crippen LogP contribution in [0.25, 0.3) is 6.08 Å². The molecular weight excluding hydrogens is 311 g/mol. The van der Waals surface area contributed by atoms with Crippen molar-refractivity contribution < 1.29 is 18.7 Å². The normalized spacial score (nSPS) is 10.4. The molecule has 2 aromatic carbocycles. The van der Waals surface area contributed by atoms with E-state index < -0.39 is 17.6 Å². The van der Waals surface area contributed by atoms with Crippen LogP contribution in [0.2, 0.25) is 0 Å². The molecule has 0 spiro atoms. The molecule has 24 heavy (non-hydrogen) atoms. The summed E-state index contributed by atoms with van der Waals surface area (Å²) in [4.78, 5) is 23.4. The smallest absolute Gasteiger partial charge is 0.272 e. The highest BCUT2D eigenvalue weighted by atomic mass is 19.1. The molecule has 0 bridgehead atoms. The van der Waals surface area contributed by atoms with Crippen LogP contribution in [0, 0.1) is 5.82 Å². The monoisotopic (exact) mass is 328 g/mol. The van der Waals surface area contributed by atoms with E-state index in [1.807, 2.05) is 6.92 Å². The molecule has 2 amide bonds. The Labute approximate surface area is 139 Å². The van der Waals surface area contributed by atoms with E-state index in [1.54, 1.807) is 30.3 Å². The second kappa shape index (κ2) is 8.47. The van der Waals surface area contributed by atoms with Crippen LogP contribution in [-0.4, -0.2) is 18.4 Å². The van der Waals surface area contributed by atoms with Gasteiger partial charge in [-0.05, 0) is 42.8 Å². The van der Waals surface area contributed by atoms with Gasteiger partial charge in [-0.2, -0.15) is 0 Å². The van der Waals surface area contributed by atoms with Crippen molar-refractivity contribution in [3.8, 4) is 5.75 Å². The first-order chi connectivity index (χ1) is 11.6. The fraction of sp³-hybridized carbons (Fsp3) is 0.111. The fourth-order valence-electron chi connectivity index (χ4n) is 1.89. The molecule has 6 heteroatoms. The summed E-state index contributed by atoms with van der Waals surface area (Å²) in [5.74, 6) is -1.17. The van der Waals surface area contributed by atoms with Crippen molar-refractivity contribution in [3.63, 3.8) is 0 Å². The van der Waals surface area contributed by atoms with E-state index in [0.717, 1.165) is 11.3 Å². The Kier molecular flexibility index (Phi) is 6.08. The van der Waals surface area contributed by atoms with Gasteiger partial charge in [0.1, 0.15) is 11.6 Å². The number of hydrogen-bond acceptors (Lipinski definition) is 3. The number of rotatable bonds is 5. The van der Waals surface area contributed by atoms with Gasteiger partial charge in [-0.15, -0.1) is 0 Å². The van der Waals surface area contributed by atoms with Crippen molar-refractivity contribution >= 4 is 17.9 Å². The summed E-state index contributed by atoms with van der Waals surface area (Å²) >= 11 is 0. The summed E-state index contributed by atoms with van der Waals surface area (Å²) < 4.78 is 18.7. The molecule has 0 aliphatic heterocycles. The molecule has 2 N–H and O–H groups in total. The van der Waals surface area contributed by atoms with Gasteiger partial charge >= 0.3 is 0 Å². The standard InChI is InChI=1S/C18H17FN2O3/c1-2-24-14-10-7-13(8-11-14)9-12-17(22)20-21-18(23)15-5-3-4-6-16(15)19/h3-12H,2H2,1H3,(H,20,22)(H,21,23)/b12-9+. The second-order valence-electron chi connectivity index (χ2n) is 4.76. The topological polar surface area (TPSA) is 67.4 Å². The summed E-state index contributed by atoms with van der Waals surface area (Å²) in [5, 5.41) is 0. The maximum absolute atomic E-state index is 13.4. The van der Waals surface area contributed by atoms with Crippen LogP contribution in [0.5, 0.6) is 5.75 Å². The van der Waals surface area contributed by atoms with E-state index in [1.165, 1.54) is 30.3 Å². The number of benzene rings is 2. The lowest BCUT2D eigenvalue weighted by Gasteiger charge is -2.06. The first-order valence-electron chi connectivity index (χ1n) is 7.36. The lowest BCUT2D eigenvalue weighted by molar-refractivity contribution is -0.117. The first-order valence-corrected chi connectivity index (χ1v) is 7.36. The molecule has 0 radical (unpaired) electrons. The molecule has 0 saturated carbocycles. The number of amides is 2. The number of nitrogens with one attached hydrogen (secondary N) is 2. The van der Waals surface area contributed by atoms with Gasteiger partial charge in [-0.1, -0.05) is 24.3 Å². The van der Waals surface area contributed by atoms with Gasteiger partial charge in [0, 0.05) is 6.08 Å². The summed E-state index contributed by atoms with van der Waals surface area (Å²) in [6.07, 6.45) is 2.84. The molecule has 0 aromatic heterocycles. The van der Waals surface area contributed by atoms with Crippen molar-refractivity contribution in [1.82, 2.24) is 10.9 Å². The predicted molar refractivity (Wildman–Crippen MR) is 88.7 cm³/mol. The molecule has 0 aliphatic carbocycles. The molecular formula is C18H17FN2O3. The van der Waals surface area contributed by atoms with E-state index in [9.17, 15) is 14.0 Å². The van der Waals surface area contributed by atoms with Crippen LogP contribution < -0.4 is 15.6 Å². The van der Waals surface area contributed by atoms with Crippen LogP contribution in [0.15, 0.2) is 54.6 Å². The zero-order valence-corrected chi connectivity index (χ0v) is 13.1. The molecule has 2 aromatic rings. The van der Waals surface area contributed by atoms with Crippen LogP contribution in [0.1, 0.15) is 22.8 Å². The van der Waals surface area contributed by atoms with Gasteiger partial charge < -0.3 is 4.74 Å². The minimum Gasteiger partial charge on any atom is -0.494 e. The molecule has 5 nitrogen and oxygen atoms in total. The van der Waals surface area contributed by atoms with Crippen molar-refractivity contribution in [2.45, 2.75) is 6.92 Å².